The first-order chi connectivity index (χ1) is 9.04. The van der Waals surface area contributed by atoms with Gasteiger partial charge in [0.25, 0.3) is 5.91 Å². The minimum atomic E-state index is -0.708. The average molecular weight is 282 g/mol. The van der Waals surface area contributed by atoms with Gasteiger partial charge in [0.2, 0.25) is 0 Å². The van der Waals surface area contributed by atoms with Crippen LogP contribution in [0.5, 0.6) is 0 Å². The van der Waals surface area contributed by atoms with Gasteiger partial charge in [0.05, 0.1) is 23.1 Å². The Balaban J connectivity index is 2.47. The van der Waals surface area contributed by atoms with Crippen molar-refractivity contribution < 1.29 is 14.3 Å². The van der Waals surface area contributed by atoms with Gasteiger partial charge < -0.3 is 15.8 Å². The molecule has 100 valence electrons. The summed E-state index contributed by atoms with van der Waals surface area (Å²) in [5.41, 5.74) is 6.06. The number of hydrogen-bond donors (Lipinski definition) is 2. The second-order valence-electron chi connectivity index (χ2n) is 3.57. The second kappa shape index (κ2) is 7.24. The lowest BCUT2D eigenvalue weighted by molar-refractivity contribution is -0.124. The van der Waals surface area contributed by atoms with Crippen molar-refractivity contribution in [2.75, 3.05) is 18.9 Å². The molecule has 0 aliphatic carbocycles. The maximum atomic E-state index is 11.6. The number of halogens is 1. The Morgan fingerprint density at radius 2 is 2.21 bits per heavy atom. The number of benzene rings is 1. The number of carbonyl (C=O) groups excluding carboxylic acids is 2. The number of nitrogens with zero attached hydrogens (tertiary/aromatic N) is 1. The Kier molecular flexibility index (Phi) is 5.64. The maximum absolute atomic E-state index is 11.6. The number of nitriles is 1. The van der Waals surface area contributed by atoms with Gasteiger partial charge in [0.1, 0.15) is 0 Å². The standard InChI is InChI=1S/C12H12ClN3O3/c13-10-6-8(15)2-3-9(10)12(18)19-7-11(17)16-5-1-4-14/h2-3,6H,1,5,7,15H2,(H,16,17). The molecule has 0 aromatic heterocycles. The number of rotatable bonds is 5. The third kappa shape index (κ3) is 4.85. The summed E-state index contributed by atoms with van der Waals surface area (Å²) in [6.07, 6.45) is 0.198. The molecule has 6 nitrogen and oxygen atoms in total. The highest BCUT2D eigenvalue weighted by atomic mass is 35.5. The quantitative estimate of drug-likeness (QED) is 0.478. The molecule has 1 aromatic rings. The molecule has 0 atom stereocenters. The van der Waals surface area contributed by atoms with E-state index >= 15 is 0 Å². The summed E-state index contributed by atoms with van der Waals surface area (Å²) in [6, 6.07) is 6.23. The van der Waals surface area contributed by atoms with E-state index in [-0.39, 0.29) is 23.6 Å². The minimum absolute atomic E-state index is 0.140. The lowest BCUT2D eigenvalue weighted by atomic mass is 10.2. The normalized spacial score (nSPS) is 9.47. The van der Waals surface area contributed by atoms with Crippen LogP contribution in [-0.2, 0) is 9.53 Å². The highest BCUT2D eigenvalue weighted by Crippen LogP contribution is 2.19. The van der Waals surface area contributed by atoms with Crippen LogP contribution in [0, 0.1) is 11.3 Å². The van der Waals surface area contributed by atoms with Crippen molar-refractivity contribution in [2.45, 2.75) is 6.42 Å². The fraction of sp³-hybridized carbons (Fsp3) is 0.250. The van der Waals surface area contributed by atoms with E-state index in [1.54, 1.807) is 0 Å². The molecule has 0 aliphatic rings. The molecule has 0 heterocycles. The first-order valence-corrected chi connectivity index (χ1v) is 5.78. The SMILES string of the molecule is N#CCCNC(=O)COC(=O)c1ccc(N)cc1Cl. The molecule has 0 radical (unpaired) electrons. The third-order valence-electron chi connectivity index (χ3n) is 2.11. The van der Waals surface area contributed by atoms with E-state index in [0.29, 0.717) is 5.69 Å². The molecule has 0 saturated carbocycles. The fourth-order valence-electron chi connectivity index (χ4n) is 1.21. The highest BCUT2D eigenvalue weighted by Gasteiger charge is 2.13. The molecule has 3 N–H and O–H groups in total. The van der Waals surface area contributed by atoms with Crippen LogP contribution in [0.1, 0.15) is 16.8 Å². The topological polar surface area (TPSA) is 105 Å². The maximum Gasteiger partial charge on any atom is 0.340 e. The Morgan fingerprint density at radius 1 is 1.47 bits per heavy atom. The zero-order valence-corrected chi connectivity index (χ0v) is 10.7. The first kappa shape index (κ1) is 14.8. The minimum Gasteiger partial charge on any atom is -0.452 e. The number of nitrogens with two attached hydrogens (primary N) is 1. The lowest BCUT2D eigenvalue weighted by Crippen LogP contribution is -2.29. The largest absolute Gasteiger partial charge is 0.452 e. The average Bonchev–Trinajstić information content (AvgIpc) is 2.36. The van der Waals surface area contributed by atoms with Gasteiger partial charge in [-0.05, 0) is 18.2 Å². The predicted molar refractivity (Wildman–Crippen MR) is 69.4 cm³/mol. The Hall–Kier alpha value is -2.26. The van der Waals surface area contributed by atoms with E-state index in [0.717, 1.165) is 0 Å². The van der Waals surface area contributed by atoms with Crippen molar-refractivity contribution in [3.05, 3.63) is 28.8 Å². The Bertz CT molecular complexity index is 525. The number of esters is 1. The van der Waals surface area contributed by atoms with Crippen molar-refractivity contribution in [2.24, 2.45) is 0 Å². The Labute approximate surface area is 115 Å². The van der Waals surface area contributed by atoms with Crippen molar-refractivity contribution in [1.82, 2.24) is 5.32 Å². The molecule has 1 aromatic carbocycles. The van der Waals surface area contributed by atoms with Crippen LogP contribution in [0.3, 0.4) is 0 Å². The fourth-order valence-corrected chi connectivity index (χ4v) is 1.48. The summed E-state index contributed by atoms with van der Waals surface area (Å²) in [5.74, 6) is -1.18. The number of amides is 1. The van der Waals surface area contributed by atoms with Crippen LogP contribution in [0.25, 0.3) is 0 Å². The summed E-state index contributed by atoms with van der Waals surface area (Å²) in [4.78, 5) is 22.9. The van der Waals surface area contributed by atoms with Gasteiger partial charge >= 0.3 is 5.97 Å². The zero-order chi connectivity index (χ0) is 14.3. The third-order valence-corrected chi connectivity index (χ3v) is 2.42. The van der Waals surface area contributed by atoms with Gasteiger partial charge in [0, 0.05) is 12.2 Å². The van der Waals surface area contributed by atoms with Crippen LogP contribution in [-0.4, -0.2) is 25.0 Å². The summed E-state index contributed by atoms with van der Waals surface area (Å²) in [5, 5.41) is 10.9. The van der Waals surface area contributed by atoms with Gasteiger partial charge in [-0.2, -0.15) is 5.26 Å². The smallest absolute Gasteiger partial charge is 0.340 e. The number of nitrogens with one attached hydrogen (secondary N) is 1. The van der Waals surface area contributed by atoms with E-state index in [9.17, 15) is 9.59 Å². The van der Waals surface area contributed by atoms with Crippen LogP contribution < -0.4 is 11.1 Å². The molecule has 19 heavy (non-hydrogen) atoms. The first-order valence-electron chi connectivity index (χ1n) is 5.40. The molecule has 0 fully saturated rings. The van der Waals surface area contributed by atoms with Crippen molar-refractivity contribution in [1.29, 1.82) is 5.26 Å². The molecule has 0 unspecified atom stereocenters. The number of ether oxygens (including phenoxy) is 1. The molecular weight excluding hydrogens is 270 g/mol. The molecule has 0 saturated heterocycles. The number of anilines is 1. The van der Waals surface area contributed by atoms with Gasteiger partial charge in [-0.15, -0.1) is 0 Å². The van der Waals surface area contributed by atoms with E-state index in [1.165, 1.54) is 18.2 Å². The van der Waals surface area contributed by atoms with Gasteiger partial charge in [-0.25, -0.2) is 4.79 Å². The summed E-state index contributed by atoms with van der Waals surface area (Å²) in [7, 11) is 0. The predicted octanol–water partition coefficient (Wildman–Crippen LogP) is 1.11. The van der Waals surface area contributed by atoms with E-state index < -0.39 is 18.5 Å². The lowest BCUT2D eigenvalue weighted by Gasteiger charge is -2.07. The number of nitrogen functional groups attached to an aromatic ring is 1. The van der Waals surface area contributed by atoms with Gasteiger partial charge in [-0.3, -0.25) is 4.79 Å². The molecule has 7 heteroatoms. The second-order valence-corrected chi connectivity index (χ2v) is 3.98. The highest BCUT2D eigenvalue weighted by molar-refractivity contribution is 6.33. The summed E-state index contributed by atoms with van der Waals surface area (Å²) < 4.78 is 4.78. The van der Waals surface area contributed by atoms with Crippen molar-refractivity contribution >= 4 is 29.2 Å². The molecule has 0 bridgehead atoms. The molecule has 1 rings (SSSR count). The molecular formula is C12H12ClN3O3. The number of carbonyl (C=O) groups is 2. The van der Waals surface area contributed by atoms with Crippen LogP contribution >= 0.6 is 11.6 Å². The molecule has 0 spiro atoms. The van der Waals surface area contributed by atoms with Gasteiger partial charge in [0.15, 0.2) is 6.61 Å². The van der Waals surface area contributed by atoms with Crippen LogP contribution in [0.15, 0.2) is 18.2 Å². The summed E-state index contributed by atoms with van der Waals surface area (Å²) >= 11 is 5.82. The monoisotopic (exact) mass is 281 g/mol. The number of hydrogen-bond acceptors (Lipinski definition) is 5. The van der Waals surface area contributed by atoms with Crippen LogP contribution in [0.4, 0.5) is 5.69 Å². The van der Waals surface area contributed by atoms with E-state index in [1.807, 2.05) is 6.07 Å². The van der Waals surface area contributed by atoms with Gasteiger partial charge in [-0.1, -0.05) is 11.6 Å². The summed E-state index contributed by atoms with van der Waals surface area (Å²) in [6.45, 7) is -0.208. The molecule has 0 aliphatic heterocycles. The molecule has 1 amide bonds. The van der Waals surface area contributed by atoms with Crippen LogP contribution in [0.2, 0.25) is 5.02 Å². The van der Waals surface area contributed by atoms with Crippen molar-refractivity contribution in [3.63, 3.8) is 0 Å². The van der Waals surface area contributed by atoms with Crippen molar-refractivity contribution in [3.8, 4) is 6.07 Å². The van der Waals surface area contributed by atoms with E-state index in [2.05, 4.69) is 5.32 Å². The van der Waals surface area contributed by atoms with E-state index in [4.69, 9.17) is 27.3 Å². The zero-order valence-electron chi connectivity index (χ0n) is 9.98. The Morgan fingerprint density at radius 3 is 2.84 bits per heavy atom.